The second-order valence-electron chi connectivity index (χ2n) is 4.08. The van der Waals surface area contributed by atoms with Gasteiger partial charge in [0.1, 0.15) is 17.2 Å². The van der Waals surface area contributed by atoms with Crippen molar-refractivity contribution in [2.24, 2.45) is 0 Å². The van der Waals surface area contributed by atoms with E-state index in [0.717, 1.165) is 0 Å². The normalized spacial score (nSPS) is 10.8. The van der Waals surface area contributed by atoms with Gasteiger partial charge in [0.05, 0.1) is 5.69 Å². The van der Waals surface area contributed by atoms with E-state index in [1.165, 1.54) is 22.6 Å². The Morgan fingerprint density at radius 1 is 1.21 bits per heavy atom. The van der Waals surface area contributed by atoms with E-state index in [-0.39, 0.29) is 11.5 Å². The van der Waals surface area contributed by atoms with Crippen LogP contribution in [0.4, 0.5) is 4.39 Å². The van der Waals surface area contributed by atoms with E-state index in [2.05, 4.69) is 4.98 Å². The minimum Gasteiger partial charge on any atom is -0.477 e. The summed E-state index contributed by atoms with van der Waals surface area (Å²) in [7, 11) is 0. The van der Waals surface area contributed by atoms with Crippen molar-refractivity contribution in [2.45, 2.75) is 0 Å². The van der Waals surface area contributed by atoms with E-state index < -0.39 is 5.97 Å². The highest BCUT2D eigenvalue weighted by molar-refractivity contribution is 5.86. The fourth-order valence-corrected chi connectivity index (χ4v) is 1.97. The van der Waals surface area contributed by atoms with Gasteiger partial charge < -0.3 is 5.11 Å². The van der Waals surface area contributed by atoms with Crippen molar-refractivity contribution in [1.82, 2.24) is 9.38 Å². The number of fused-ring (bicyclic) bond motifs is 1. The van der Waals surface area contributed by atoms with Crippen LogP contribution in [0.1, 0.15) is 10.5 Å². The van der Waals surface area contributed by atoms with Gasteiger partial charge in [-0.15, -0.1) is 0 Å². The molecule has 4 nitrogen and oxygen atoms in total. The Kier molecular flexibility index (Phi) is 2.52. The molecular weight excluding hydrogens is 247 g/mol. The largest absolute Gasteiger partial charge is 0.477 e. The summed E-state index contributed by atoms with van der Waals surface area (Å²) >= 11 is 0. The summed E-state index contributed by atoms with van der Waals surface area (Å²) < 4.78 is 14.7. The summed E-state index contributed by atoms with van der Waals surface area (Å²) in [5, 5.41) is 9.10. The number of benzene rings is 1. The Balaban J connectivity index is 2.22. The van der Waals surface area contributed by atoms with Gasteiger partial charge in [-0.3, -0.25) is 4.40 Å². The average Bonchev–Trinajstić information content (AvgIpc) is 2.82. The zero-order valence-corrected chi connectivity index (χ0v) is 9.75. The lowest BCUT2D eigenvalue weighted by molar-refractivity contribution is 0.0689. The number of pyridine rings is 1. The van der Waals surface area contributed by atoms with Crippen LogP contribution in [-0.2, 0) is 0 Å². The lowest BCUT2D eigenvalue weighted by Gasteiger charge is -1.98. The molecule has 0 unspecified atom stereocenters. The van der Waals surface area contributed by atoms with Gasteiger partial charge in [0, 0.05) is 11.8 Å². The molecule has 0 aliphatic carbocycles. The van der Waals surface area contributed by atoms with E-state index in [0.29, 0.717) is 16.9 Å². The predicted octanol–water partition coefficient (Wildman–Crippen LogP) is 2.84. The molecule has 0 aliphatic heterocycles. The summed E-state index contributed by atoms with van der Waals surface area (Å²) in [6.45, 7) is 0. The van der Waals surface area contributed by atoms with Gasteiger partial charge in [0.2, 0.25) is 0 Å². The zero-order chi connectivity index (χ0) is 13.4. The molecule has 0 saturated carbocycles. The number of carboxylic acid groups (broad SMARTS) is 1. The maximum absolute atomic E-state index is 13.2. The molecule has 3 rings (SSSR count). The fourth-order valence-electron chi connectivity index (χ4n) is 1.97. The molecule has 0 spiro atoms. The van der Waals surface area contributed by atoms with Crippen LogP contribution in [0.5, 0.6) is 0 Å². The summed E-state index contributed by atoms with van der Waals surface area (Å²) in [6.07, 6.45) is 1.59. The van der Waals surface area contributed by atoms with E-state index >= 15 is 0 Å². The first-order valence-electron chi connectivity index (χ1n) is 5.62. The number of halogens is 1. The first-order valence-corrected chi connectivity index (χ1v) is 5.62. The zero-order valence-electron chi connectivity index (χ0n) is 9.75. The van der Waals surface area contributed by atoms with E-state index in [4.69, 9.17) is 5.11 Å². The van der Waals surface area contributed by atoms with Crippen LogP contribution in [0.2, 0.25) is 0 Å². The highest BCUT2D eigenvalue weighted by Gasteiger charge is 2.11. The SMILES string of the molecule is O=C(O)c1cccc2nc(-c3cccc(F)c3)cn12. The van der Waals surface area contributed by atoms with Crippen LogP contribution in [0.3, 0.4) is 0 Å². The number of hydrogen-bond donors (Lipinski definition) is 1. The standard InChI is InChI=1S/C14H9FN2O2/c15-10-4-1-3-9(7-10)11-8-17-12(14(18)19)5-2-6-13(17)16-11/h1-8H,(H,18,19). The van der Waals surface area contributed by atoms with Crippen LogP contribution in [0.25, 0.3) is 16.9 Å². The summed E-state index contributed by atoms with van der Waals surface area (Å²) in [4.78, 5) is 15.4. The molecule has 0 bridgehead atoms. The Labute approximate surface area is 107 Å². The Hall–Kier alpha value is -2.69. The average molecular weight is 256 g/mol. The van der Waals surface area contributed by atoms with Crippen molar-refractivity contribution in [1.29, 1.82) is 0 Å². The smallest absolute Gasteiger partial charge is 0.352 e. The van der Waals surface area contributed by atoms with Crippen molar-refractivity contribution in [3.63, 3.8) is 0 Å². The number of carboxylic acids is 1. The molecule has 0 aliphatic rings. The monoisotopic (exact) mass is 256 g/mol. The Morgan fingerprint density at radius 3 is 2.74 bits per heavy atom. The molecule has 2 aromatic heterocycles. The molecule has 3 aromatic rings. The molecule has 1 N–H and O–H groups in total. The second-order valence-corrected chi connectivity index (χ2v) is 4.08. The molecule has 1 aromatic carbocycles. The Morgan fingerprint density at radius 2 is 2.00 bits per heavy atom. The number of carbonyl (C=O) groups is 1. The molecule has 19 heavy (non-hydrogen) atoms. The lowest BCUT2D eigenvalue weighted by Crippen LogP contribution is -2.03. The minimum atomic E-state index is -1.03. The summed E-state index contributed by atoms with van der Waals surface area (Å²) in [6, 6.07) is 10.9. The molecule has 94 valence electrons. The number of imidazole rings is 1. The summed E-state index contributed by atoms with van der Waals surface area (Å²) in [5.41, 5.74) is 1.78. The molecular formula is C14H9FN2O2. The van der Waals surface area contributed by atoms with Gasteiger partial charge >= 0.3 is 5.97 Å². The van der Waals surface area contributed by atoms with Gasteiger partial charge in [-0.05, 0) is 24.3 Å². The van der Waals surface area contributed by atoms with Crippen LogP contribution in [-0.4, -0.2) is 20.5 Å². The van der Waals surface area contributed by atoms with Gasteiger partial charge in [-0.2, -0.15) is 0 Å². The predicted molar refractivity (Wildman–Crippen MR) is 67.5 cm³/mol. The second kappa shape index (κ2) is 4.20. The minimum absolute atomic E-state index is 0.118. The quantitative estimate of drug-likeness (QED) is 0.767. The number of nitrogens with zero attached hydrogens (tertiary/aromatic N) is 2. The summed E-state index contributed by atoms with van der Waals surface area (Å²) in [5.74, 6) is -1.39. The third-order valence-electron chi connectivity index (χ3n) is 2.83. The van der Waals surface area contributed by atoms with Crippen LogP contribution in [0, 0.1) is 5.82 Å². The van der Waals surface area contributed by atoms with Gasteiger partial charge in [-0.1, -0.05) is 18.2 Å². The van der Waals surface area contributed by atoms with Gasteiger partial charge in [0.15, 0.2) is 0 Å². The van der Waals surface area contributed by atoms with Crippen molar-refractivity contribution in [3.05, 3.63) is 60.2 Å². The maximum Gasteiger partial charge on any atom is 0.352 e. The first kappa shape index (κ1) is 11.4. The van der Waals surface area contributed by atoms with Crippen LogP contribution >= 0.6 is 0 Å². The highest BCUT2D eigenvalue weighted by Crippen LogP contribution is 2.20. The molecule has 5 heteroatoms. The molecule has 0 radical (unpaired) electrons. The van der Waals surface area contributed by atoms with E-state index in [1.54, 1.807) is 30.5 Å². The van der Waals surface area contributed by atoms with Crippen molar-refractivity contribution in [3.8, 4) is 11.3 Å². The van der Waals surface area contributed by atoms with Gasteiger partial charge in [-0.25, -0.2) is 14.2 Å². The fraction of sp³-hybridized carbons (Fsp3) is 0. The molecule has 0 atom stereocenters. The number of aromatic carboxylic acids is 1. The highest BCUT2D eigenvalue weighted by atomic mass is 19.1. The maximum atomic E-state index is 13.2. The van der Waals surface area contributed by atoms with Crippen LogP contribution in [0.15, 0.2) is 48.7 Å². The third-order valence-corrected chi connectivity index (χ3v) is 2.83. The topological polar surface area (TPSA) is 54.6 Å². The molecule has 0 saturated heterocycles. The lowest BCUT2D eigenvalue weighted by atomic mass is 10.2. The van der Waals surface area contributed by atoms with Crippen molar-refractivity contribution < 1.29 is 14.3 Å². The number of rotatable bonds is 2. The number of aromatic nitrogens is 2. The van der Waals surface area contributed by atoms with Crippen molar-refractivity contribution in [2.75, 3.05) is 0 Å². The Bertz CT molecular complexity index is 780. The number of hydrogen-bond acceptors (Lipinski definition) is 2. The molecule has 0 fully saturated rings. The van der Waals surface area contributed by atoms with E-state index in [1.807, 2.05) is 0 Å². The molecule has 0 amide bonds. The van der Waals surface area contributed by atoms with Crippen LogP contribution < -0.4 is 0 Å². The first-order chi connectivity index (χ1) is 9.15. The third kappa shape index (κ3) is 1.95. The van der Waals surface area contributed by atoms with Crippen molar-refractivity contribution >= 4 is 11.6 Å². The van der Waals surface area contributed by atoms with Gasteiger partial charge in [0.25, 0.3) is 0 Å². The van der Waals surface area contributed by atoms with E-state index in [9.17, 15) is 9.18 Å². The molecule has 2 heterocycles.